The fourth-order valence-corrected chi connectivity index (χ4v) is 3.59. The number of fused-ring (bicyclic) bond motifs is 1. The molecule has 1 nitrogen and oxygen atoms in total. The van der Waals surface area contributed by atoms with Gasteiger partial charge in [0.25, 0.3) is 0 Å². The summed E-state index contributed by atoms with van der Waals surface area (Å²) >= 11 is 0. The van der Waals surface area contributed by atoms with Crippen LogP contribution in [0.25, 0.3) is 0 Å². The maximum Gasteiger partial charge on any atom is 0.0939 e. The Balaban J connectivity index is 2.02. The zero-order valence-electron chi connectivity index (χ0n) is 13.2. The Morgan fingerprint density at radius 1 is 1.14 bits per heavy atom. The molecule has 0 radical (unpaired) electrons. The Hall–Kier alpha value is -1.60. The van der Waals surface area contributed by atoms with Gasteiger partial charge in [-0.2, -0.15) is 0 Å². The van der Waals surface area contributed by atoms with Gasteiger partial charge < -0.3 is 5.11 Å². The Labute approximate surface area is 127 Å². The molecule has 1 N–H and O–H groups in total. The van der Waals surface area contributed by atoms with Crippen LogP contribution in [0.3, 0.4) is 0 Å². The van der Waals surface area contributed by atoms with Crippen molar-refractivity contribution in [2.24, 2.45) is 0 Å². The zero-order valence-corrected chi connectivity index (χ0v) is 13.2. The van der Waals surface area contributed by atoms with Crippen molar-refractivity contribution in [3.8, 4) is 0 Å². The molecule has 1 aliphatic rings. The monoisotopic (exact) mass is 280 g/mol. The van der Waals surface area contributed by atoms with Gasteiger partial charge in [-0.15, -0.1) is 0 Å². The van der Waals surface area contributed by atoms with E-state index in [9.17, 15) is 5.11 Å². The third-order valence-electron chi connectivity index (χ3n) is 4.97. The summed E-state index contributed by atoms with van der Waals surface area (Å²) in [6, 6.07) is 14.9. The van der Waals surface area contributed by atoms with Gasteiger partial charge in [0, 0.05) is 6.42 Å². The van der Waals surface area contributed by atoms with E-state index in [1.54, 1.807) is 0 Å². The standard InChI is InChI=1S/C20H24O/c1-14-8-9-15(2)17(12-14)13-20(21)11-10-16(3)18-6-4-5-7-19(18)20/h4-9,12,16,21H,10-11,13H2,1-3H3. The molecule has 0 aromatic heterocycles. The number of benzene rings is 2. The smallest absolute Gasteiger partial charge is 0.0939 e. The summed E-state index contributed by atoms with van der Waals surface area (Å²) in [7, 11) is 0. The summed E-state index contributed by atoms with van der Waals surface area (Å²) in [6.45, 7) is 6.51. The molecule has 2 atom stereocenters. The second kappa shape index (κ2) is 5.31. The lowest BCUT2D eigenvalue weighted by Crippen LogP contribution is -2.34. The minimum absolute atomic E-state index is 0.542. The first-order valence-electron chi connectivity index (χ1n) is 7.87. The normalized spacial score (nSPS) is 24.7. The highest BCUT2D eigenvalue weighted by Gasteiger charge is 2.36. The first-order chi connectivity index (χ1) is 9.99. The quantitative estimate of drug-likeness (QED) is 0.850. The van der Waals surface area contributed by atoms with Crippen LogP contribution in [0.15, 0.2) is 42.5 Å². The largest absolute Gasteiger partial charge is 0.385 e. The Morgan fingerprint density at radius 3 is 2.71 bits per heavy atom. The molecule has 2 unspecified atom stereocenters. The van der Waals surface area contributed by atoms with E-state index in [1.807, 2.05) is 6.07 Å². The van der Waals surface area contributed by atoms with Gasteiger partial charge in [0.1, 0.15) is 0 Å². The van der Waals surface area contributed by atoms with Gasteiger partial charge >= 0.3 is 0 Å². The molecule has 2 aromatic carbocycles. The third-order valence-corrected chi connectivity index (χ3v) is 4.97. The van der Waals surface area contributed by atoms with E-state index in [2.05, 4.69) is 57.2 Å². The van der Waals surface area contributed by atoms with Gasteiger partial charge in [-0.25, -0.2) is 0 Å². The van der Waals surface area contributed by atoms with Crippen LogP contribution < -0.4 is 0 Å². The van der Waals surface area contributed by atoms with Crippen LogP contribution in [0.2, 0.25) is 0 Å². The molecule has 0 heterocycles. The number of aryl methyl sites for hydroxylation is 2. The van der Waals surface area contributed by atoms with Gasteiger partial charge in [-0.3, -0.25) is 0 Å². The minimum atomic E-state index is -0.721. The molecule has 0 amide bonds. The minimum Gasteiger partial charge on any atom is -0.385 e. The molecule has 1 heteroatoms. The molecule has 0 aliphatic heterocycles. The average molecular weight is 280 g/mol. The molecule has 21 heavy (non-hydrogen) atoms. The zero-order chi connectivity index (χ0) is 15.0. The van der Waals surface area contributed by atoms with Crippen molar-refractivity contribution in [3.05, 3.63) is 70.3 Å². The number of aliphatic hydroxyl groups is 1. The van der Waals surface area contributed by atoms with Crippen LogP contribution in [0.1, 0.15) is 53.5 Å². The average Bonchev–Trinajstić information content (AvgIpc) is 2.48. The highest BCUT2D eigenvalue weighted by Crippen LogP contribution is 2.43. The van der Waals surface area contributed by atoms with Crippen LogP contribution in [0.4, 0.5) is 0 Å². The Morgan fingerprint density at radius 2 is 1.90 bits per heavy atom. The first kappa shape index (κ1) is 14.3. The van der Waals surface area contributed by atoms with Crippen LogP contribution in [-0.2, 0) is 12.0 Å². The fourth-order valence-electron chi connectivity index (χ4n) is 3.59. The molecule has 3 rings (SSSR count). The molecule has 0 saturated heterocycles. The van der Waals surface area contributed by atoms with Gasteiger partial charge in [-0.1, -0.05) is 55.0 Å². The van der Waals surface area contributed by atoms with Crippen molar-refractivity contribution in [2.75, 3.05) is 0 Å². The van der Waals surface area contributed by atoms with Crippen molar-refractivity contribution in [2.45, 2.75) is 51.6 Å². The van der Waals surface area contributed by atoms with Crippen molar-refractivity contribution in [1.29, 1.82) is 0 Å². The van der Waals surface area contributed by atoms with Crippen molar-refractivity contribution < 1.29 is 5.11 Å². The van der Waals surface area contributed by atoms with E-state index in [1.165, 1.54) is 22.3 Å². The fraction of sp³-hybridized carbons (Fsp3) is 0.400. The van der Waals surface area contributed by atoms with Crippen LogP contribution in [0.5, 0.6) is 0 Å². The molecular weight excluding hydrogens is 256 g/mol. The second-order valence-electron chi connectivity index (χ2n) is 6.67. The molecule has 0 spiro atoms. The second-order valence-corrected chi connectivity index (χ2v) is 6.67. The highest BCUT2D eigenvalue weighted by atomic mass is 16.3. The van der Waals surface area contributed by atoms with E-state index < -0.39 is 5.60 Å². The van der Waals surface area contributed by atoms with Crippen LogP contribution >= 0.6 is 0 Å². The van der Waals surface area contributed by atoms with E-state index in [-0.39, 0.29) is 0 Å². The maximum atomic E-state index is 11.3. The summed E-state index contributed by atoms with van der Waals surface area (Å²) in [6.07, 6.45) is 2.61. The van der Waals surface area contributed by atoms with Gasteiger partial charge in [0.15, 0.2) is 0 Å². The molecule has 0 bridgehead atoms. The SMILES string of the molecule is Cc1ccc(C)c(CC2(O)CCC(C)c3ccccc32)c1. The maximum absolute atomic E-state index is 11.3. The van der Waals surface area contributed by atoms with Gasteiger partial charge in [0.2, 0.25) is 0 Å². The topological polar surface area (TPSA) is 20.2 Å². The van der Waals surface area contributed by atoms with Crippen LogP contribution in [-0.4, -0.2) is 5.11 Å². The van der Waals surface area contributed by atoms with E-state index in [0.717, 1.165) is 18.4 Å². The van der Waals surface area contributed by atoms with Crippen molar-refractivity contribution in [1.82, 2.24) is 0 Å². The predicted octanol–water partition coefficient (Wildman–Crippen LogP) is 4.63. The first-order valence-corrected chi connectivity index (χ1v) is 7.87. The molecule has 2 aromatic rings. The summed E-state index contributed by atoms with van der Waals surface area (Å²) < 4.78 is 0. The highest BCUT2D eigenvalue weighted by molar-refractivity contribution is 5.40. The van der Waals surface area contributed by atoms with E-state index >= 15 is 0 Å². The summed E-state index contributed by atoms with van der Waals surface area (Å²) in [5.41, 5.74) is 5.52. The van der Waals surface area contributed by atoms with E-state index in [0.29, 0.717) is 12.3 Å². The van der Waals surface area contributed by atoms with Gasteiger partial charge in [0.05, 0.1) is 5.60 Å². The van der Waals surface area contributed by atoms with Gasteiger partial charge in [-0.05, 0) is 54.9 Å². The Kier molecular flexibility index (Phi) is 3.62. The third kappa shape index (κ3) is 2.63. The predicted molar refractivity (Wildman–Crippen MR) is 87.6 cm³/mol. The summed E-state index contributed by atoms with van der Waals surface area (Å²) in [5, 5.41) is 11.3. The summed E-state index contributed by atoms with van der Waals surface area (Å²) in [4.78, 5) is 0. The number of hydrogen-bond acceptors (Lipinski definition) is 1. The lowest BCUT2D eigenvalue weighted by molar-refractivity contribution is 0.0158. The molecule has 0 fully saturated rings. The van der Waals surface area contributed by atoms with E-state index in [4.69, 9.17) is 0 Å². The number of hydrogen-bond donors (Lipinski definition) is 1. The molecule has 110 valence electrons. The summed E-state index contributed by atoms with van der Waals surface area (Å²) in [5.74, 6) is 0.542. The molecule has 1 aliphatic carbocycles. The Bertz CT molecular complexity index is 659. The number of rotatable bonds is 2. The van der Waals surface area contributed by atoms with Crippen molar-refractivity contribution >= 4 is 0 Å². The molecule has 0 saturated carbocycles. The van der Waals surface area contributed by atoms with Crippen molar-refractivity contribution in [3.63, 3.8) is 0 Å². The molecular formula is C20H24O. The lowest BCUT2D eigenvalue weighted by Gasteiger charge is -2.38. The lowest BCUT2D eigenvalue weighted by atomic mass is 9.71. The van der Waals surface area contributed by atoms with Crippen LogP contribution in [0, 0.1) is 13.8 Å².